The summed E-state index contributed by atoms with van der Waals surface area (Å²) in [5.74, 6) is 0. The number of nitrogens with zero attached hydrogens (tertiary/aromatic N) is 4. The highest BCUT2D eigenvalue weighted by molar-refractivity contribution is 7.99. The fraction of sp³-hybridized carbons (Fsp3) is 0. The normalized spacial score (nSPS) is 10.5. The highest BCUT2D eigenvalue weighted by Gasteiger charge is 2.16. The largest absolute Gasteiger partial charge is 0.298 e. The molecular formula is C22H14N4O3S. The van der Waals surface area contributed by atoms with Crippen LogP contribution in [0.5, 0.6) is 0 Å². The molecule has 0 N–H and O–H groups in total. The highest BCUT2D eigenvalue weighted by Crippen LogP contribution is 2.33. The van der Waals surface area contributed by atoms with Gasteiger partial charge in [-0.2, -0.15) is 0 Å². The van der Waals surface area contributed by atoms with E-state index in [0.29, 0.717) is 27.7 Å². The van der Waals surface area contributed by atoms with E-state index >= 15 is 0 Å². The quantitative estimate of drug-likeness (QED) is 0.246. The fourth-order valence-electron chi connectivity index (χ4n) is 2.87. The first-order valence-electron chi connectivity index (χ1n) is 8.93. The van der Waals surface area contributed by atoms with Crippen molar-refractivity contribution < 1.29 is 9.72 Å². The van der Waals surface area contributed by atoms with Gasteiger partial charge in [0, 0.05) is 33.7 Å². The zero-order valence-electron chi connectivity index (χ0n) is 15.5. The zero-order chi connectivity index (χ0) is 20.9. The van der Waals surface area contributed by atoms with Crippen LogP contribution in [0.3, 0.4) is 0 Å². The number of benzene rings is 3. The SMILES string of the molecule is O=Cc1cc([N+](=O)[O-])ccc1Sc1nnc(-c2ccccc2)c(-c2ccccc2)n1. The van der Waals surface area contributed by atoms with E-state index in [1.165, 1.54) is 18.2 Å². The Bertz CT molecular complexity index is 1220. The number of aldehydes is 1. The summed E-state index contributed by atoms with van der Waals surface area (Å²) in [5.41, 5.74) is 3.12. The Hall–Kier alpha value is -3.91. The van der Waals surface area contributed by atoms with Crippen LogP contribution < -0.4 is 0 Å². The molecule has 146 valence electrons. The molecule has 0 aliphatic carbocycles. The van der Waals surface area contributed by atoms with Gasteiger partial charge in [-0.05, 0) is 17.8 Å². The maximum atomic E-state index is 11.4. The van der Waals surface area contributed by atoms with Gasteiger partial charge in [-0.25, -0.2) is 4.98 Å². The molecular weight excluding hydrogens is 400 g/mol. The fourth-order valence-corrected chi connectivity index (χ4v) is 3.65. The highest BCUT2D eigenvalue weighted by atomic mass is 32.2. The number of carbonyl (C=O) groups is 1. The molecule has 0 bridgehead atoms. The maximum absolute atomic E-state index is 11.4. The van der Waals surface area contributed by atoms with E-state index in [0.717, 1.165) is 22.9 Å². The Balaban J connectivity index is 1.78. The lowest BCUT2D eigenvalue weighted by Crippen LogP contribution is -1.99. The van der Waals surface area contributed by atoms with E-state index < -0.39 is 4.92 Å². The molecule has 0 fully saturated rings. The van der Waals surface area contributed by atoms with Crippen molar-refractivity contribution in [3.63, 3.8) is 0 Å². The van der Waals surface area contributed by atoms with Crippen molar-refractivity contribution >= 4 is 23.7 Å². The Morgan fingerprint density at radius 1 is 0.833 bits per heavy atom. The number of carbonyl (C=O) groups excluding carboxylic acids is 1. The predicted molar refractivity (Wildman–Crippen MR) is 113 cm³/mol. The molecule has 0 amide bonds. The van der Waals surface area contributed by atoms with Crippen molar-refractivity contribution in [3.05, 3.63) is 94.5 Å². The van der Waals surface area contributed by atoms with E-state index in [9.17, 15) is 14.9 Å². The standard InChI is InChI=1S/C22H14N4O3S/c27-14-17-13-18(26(28)29)11-12-19(17)30-22-23-20(15-7-3-1-4-8-15)21(24-25-22)16-9-5-2-6-10-16/h1-14H. The van der Waals surface area contributed by atoms with Crippen LogP contribution in [-0.2, 0) is 0 Å². The third-order valence-corrected chi connectivity index (χ3v) is 5.24. The first-order chi connectivity index (χ1) is 14.7. The molecule has 0 saturated heterocycles. The van der Waals surface area contributed by atoms with Crippen LogP contribution in [-0.4, -0.2) is 26.4 Å². The molecule has 4 rings (SSSR count). The molecule has 0 atom stereocenters. The van der Waals surface area contributed by atoms with E-state index in [4.69, 9.17) is 0 Å². The Labute approximate surface area is 176 Å². The minimum atomic E-state index is -0.540. The van der Waals surface area contributed by atoms with Crippen molar-refractivity contribution in [2.75, 3.05) is 0 Å². The van der Waals surface area contributed by atoms with Gasteiger partial charge in [0.05, 0.1) is 4.92 Å². The second-order valence-electron chi connectivity index (χ2n) is 6.22. The average Bonchev–Trinajstić information content (AvgIpc) is 2.80. The molecule has 0 unspecified atom stereocenters. The third kappa shape index (κ3) is 4.08. The molecule has 1 aromatic heterocycles. The van der Waals surface area contributed by atoms with Crippen LogP contribution in [0.25, 0.3) is 22.5 Å². The third-order valence-electron chi connectivity index (χ3n) is 4.29. The summed E-state index contributed by atoms with van der Waals surface area (Å²) in [7, 11) is 0. The number of rotatable bonds is 6. The van der Waals surface area contributed by atoms with Crippen molar-refractivity contribution in [1.29, 1.82) is 0 Å². The summed E-state index contributed by atoms with van der Waals surface area (Å²) < 4.78 is 0. The molecule has 30 heavy (non-hydrogen) atoms. The monoisotopic (exact) mass is 414 g/mol. The minimum absolute atomic E-state index is 0.148. The summed E-state index contributed by atoms with van der Waals surface area (Å²) in [6.45, 7) is 0. The Kier molecular flexibility index (Phi) is 5.58. The molecule has 0 saturated carbocycles. The van der Waals surface area contributed by atoms with Crippen molar-refractivity contribution in [2.24, 2.45) is 0 Å². The summed E-state index contributed by atoms with van der Waals surface area (Å²) in [4.78, 5) is 27.1. The maximum Gasteiger partial charge on any atom is 0.270 e. The molecule has 0 radical (unpaired) electrons. The lowest BCUT2D eigenvalue weighted by Gasteiger charge is -2.10. The van der Waals surface area contributed by atoms with Crippen LogP contribution >= 0.6 is 11.8 Å². The number of hydrogen-bond acceptors (Lipinski definition) is 7. The zero-order valence-corrected chi connectivity index (χ0v) is 16.3. The number of non-ortho nitro benzene ring substituents is 1. The summed E-state index contributed by atoms with van der Waals surface area (Å²) in [6.07, 6.45) is 0.583. The van der Waals surface area contributed by atoms with Crippen LogP contribution in [0.1, 0.15) is 10.4 Å². The number of aromatic nitrogens is 3. The van der Waals surface area contributed by atoms with Gasteiger partial charge in [0.15, 0.2) is 6.29 Å². The van der Waals surface area contributed by atoms with Gasteiger partial charge in [0.1, 0.15) is 11.4 Å². The number of nitro benzene ring substituents is 1. The van der Waals surface area contributed by atoms with Crippen LogP contribution in [0, 0.1) is 10.1 Å². The molecule has 1 heterocycles. The molecule has 0 spiro atoms. The van der Waals surface area contributed by atoms with Gasteiger partial charge < -0.3 is 0 Å². The molecule has 0 aliphatic heterocycles. The second-order valence-corrected chi connectivity index (χ2v) is 7.23. The first kappa shape index (κ1) is 19.4. The Morgan fingerprint density at radius 2 is 1.47 bits per heavy atom. The van der Waals surface area contributed by atoms with Crippen LogP contribution in [0.2, 0.25) is 0 Å². The molecule has 7 nitrogen and oxygen atoms in total. The Morgan fingerprint density at radius 3 is 2.07 bits per heavy atom. The lowest BCUT2D eigenvalue weighted by atomic mass is 10.0. The smallest absolute Gasteiger partial charge is 0.270 e. The topological polar surface area (TPSA) is 98.9 Å². The van der Waals surface area contributed by atoms with Gasteiger partial charge in [0.25, 0.3) is 5.69 Å². The molecule has 3 aromatic carbocycles. The predicted octanol–water partition coefficient (Wildman–Crippen LogP) is 5.08. The summed E-state index contributed by atoms with van der Waals surface area (Å²) in [6, 6.07) is 23.4. The van der Waals surface area contributed by atoms with Gasteiger partial charge in [-0.15, -0.1) is 10.2 Å². The average molecular weight is 414 g/mol. The van der Waals surface area contributed by atoms with Gasteiger partial charge >= 0.3 is 0 Å². The van der Waals surface area contributed by atoms with E-state index in [-0.39, 0.29) is 11.3 Å². The van der Waals surface area contributed by atoms with E-state index in [2.05, 4.69) is 15.2 Å². The molecule has 8 heteroatoms. The molecule has 0 aliphatic rings. The summed E-state index contributed by atoms with van der Waals surface area (Å²) in [5, 5.41) is 19.9. The first-order valence-corrected chi connectivity index (χ1v) is 9.74. The van der Waals surface area contributed by atoms with Crippen molar-refractivity contribution in [3.8, 4) is 22.5 Å². The van der Waals surface area contributed by atoms with Gasteiger partial charge in [0.2, 0.25) is 5.16 Å². The summed E-state index contributed by atoms with van der Waals surface area (Å²) >= 11 is 1.13. The van der Waals surface area contributed by atoms with Crippen LogP contribution in [0.15, 0.2) is 88.9 Å². The number of hydrogen-bond donors (Lipinski definition) is 0. The number of nitro groups is 1. The van der Waals surface area contributed by atoms with Crippen LogP contribution in [0.4, 0.5) is 5.69 Å². The van der Waals surface area contributed by atoms with Gasteiger partial charge in [-0.3, -0.25) is 14.9 Å². The second kappa shape index (κ2) is 8.62. The molecule has 4 aromatic rings. The van der Waals surface area contributed by atoms with E-state index in [1.54, 1.807) is 0 Å². The van der Waals surface area contributed by atoms with E-state index in [1.807, 2.05) is 60.7 Å². The minimum Gasteiger partial charge on any atom is -0.298 e. The lowest BCUT2D eigenvalue weighted by molar-refractivity contribution is -0.384. The van der Waals surface area contributed by atoms with Crippen molar-refractivity contribution in [2.45, 2.75) is 10.1 Å². The van der Waals surface area contributed by atoms with Crippen molar-refractivity contribution in [1.82, 2.24) is 15.2 Å². The van der Waals surface area contributed by atoms with Gasteiger partial charge in [-0.1, -0.05) is 60.7 Å².